The number of carbonyl (C=O) groups excluding carboxylic acids is 1. The molecular weight excluding hydrogens is 317 g/mol. The van der Waals surface area contributed by atoms with Gasteiger partial charge in [-0.15, -0.1) is 0 Å². The Morgan fingerprint density at radius 2 is 1.56 bits per heavy atom. The van der Waals surface area contributed by atoms with Crippen LogP contribution in [0.15, 0.2) is 54.7 Å². The molecule has 0 bridgehead atoms. The smallest absolute Gasteiger partial charge is 0.260 e. The van der Waals surface area contributed by atoms with Gasteiger partial charge in [-0.3, -0.25) is 4.79 Å². The van der Waals surface area contributed by atoms with Gasteiger partial charge in [-0.05, 0) is 18.2 Å². The Kier molecular flexibility index (Phi) is 3.92. The second kappa shape index (κ2) is 6.24. The van der Waals surface area contributed by atoms with Crippen molar-refractivity contribution >= 4 is 22.9 Å². The zero-order valence-electron chi connectivity index (χ0n) is 14.2. The van der Waals surface area contributed by atoms with Crippen LogP contribution in [0, 0.1) is 5.82 Å². The second-order valence-electron chi connectivity index (χ2n) is 6.40. The van der Waals surface area contributed by atoms with Gasteiger partial charge >= 0.3 is 0 Å². The minimum Gasteiger partial charge on any atom is -0.373 e. The van der Waals surface area contributed by atoms with Crippen LogP contribution in [0.4, 0.5) is 15.8 Å². The first-order valence-corrected chi connectivity index (χ1v) is 8.48. The van der Waals surface area contributed by atoms with E-state index in [1.54, 1.807) is 18.0 Å². The van der Waals surface area contributed by atoms with Crippen molar-refractivity contribution in [2.24, 2.45) is 0 Å². The predicted molar refractivity (Wildman–Crippen MR) is 98.0 cm³/mol. The fourth-order valence-corrected chi connectivity index (χ4v) is 3.51. The number of halogens is 1. The fraction of sp³-hybridized carbons (Fsp3) is 0.250. The van der Waals surface area contributed by atoms with Crippen molar-refractivity contribution in [3.05, 3.63) is 66.1 Å². The van der Waals surface area contributed by atoms with Crippen molar-refractivity contribution in [2.75, 3.05) is 43.0 Å². The summed E-state index contributed by atoms with van der Waals surface area (Å²) >= 11 is 0. The molecule has 0 unspecified atom stereocenters. The maximum Gasteiger partial charge on any atom is 0.260 e. The number of carbonyl (C=O) groups is 1. The van der Waals surface area contributed by atoms with Gasteiger partial charge in [0.05, 0.1) is 16.9 Å². The first kappa shape index (κ1) is 15.7. The van der Waals surface area contributed by atoms with Gasteiger partial charge in [0.1, 0.15) is 5.82 Å². The quantitative estimate of drug-likeness (QED) is 0.789. The molecule has 2 aromatic carbocycles. The van der Waals surface area contributed by atoms with Crippen LogP contribution in [0.5, 0.6) is 0 Å². The lowest BCUT2D eigenvalue weighted by atomic mass is 10.1. The average molecular weight is 337 g/mol. The Hall–Kier alpha value is -2.82. The van der Waals surface area contributed by atoms with Gasteiger partial charge in [-0.2, -0.15) is 0 Å². The van der Waals surface area contributed by atoms with Crippen molar-refractivity contribution in [1.29, 1.82) is 0 Å². The summed E-state index contributed by atoms with van der Waals surface area (Å²) < 4.78 is 13.9. The number of hydrogen-bond donors (Lipinski definition) is 0. The SMILES string of the molecule is CN1C(=O)/C(=C\N2CCN(c3ccccc3F)CC2)c2ccccc21. The molecule has 4 rings (SSSR count). The van der Waals surface area contributed by atoms with Crippen molar-refractivity contribution in [1.82, 2.24) is 4.90 Å². The van der Waals surface area contributed by atoms with Crippen LogP contribution in [0.1, 0.15) is 5.56 Å². The molecule has 128 valence electrons. The molecule has 25 heavy (non-hydrogen) atoms. The molecule has 0 saturated carbocycles. The molecule has 0 aliphatic carbocycles. The highest BCUT2D eigenvalue weighted by Gasteiger charge is 2.30. The molecule has 0 spiro atoms. The van der Waals surface area contributed by atoms with Crippen LogP contribution in [0.2, 0.25) is 0 Å². The van der Waals surface area contributed by atoms with E-state index in [2.05, 4.69) is 9.80 Å². The van der Waals surface area contributed by atoms with Crippen molar-refractivity contribution < 1.29 is 9.18 Å². The number of anilines is 2. The van der Waals surface area contributed by atoms with E-state index < -0.39 is 0 Å². The van der Waals surface area contributed by atoms with Crippen molar-refractivity contribution in [3.8, 4) is 0 Å². The maximum atomic E-state index is 13.9. The van der Waals surface area contributed by atoms with E-state index in [0.717, 1.165) is 43.0 Å². The maximum absolute atomic E-state index is 13.9. The van der Waals surface area contributed by atoms with Crippen LogP contribution >= 0.6 is 0 Å². The van der Waals surface area contributed by atoms with E-state index >= 15 is 0 Å². The number of fused-ring (bicyclic) bond motifs is 1. The van der Waals surface area contributed by atoms with E-state index in [9.17, 15) is 9.18 Å². The van der Waals surface area contributed by atoms with Gasteiger partial charge < -0.3 is 14.7 Å². The van der Waals surface area contributed by atoms with E-state index in [0.29, 0.717) is 5.69 Å². The molecule has 0 atom stereocenters. The zero-order chi connectivity index (χ0) is 17.4. The molecule has 1 amide bonds. The molecule has 0 N–H and O–H groups in total. The lowest BCUT2D eigenvalue weighted by Gasteiger charge is -2.35. The van der Waals surface area contributed by atoms with Gasteiger partial charge in [0, 0.05) is 45.0 Å². The average Bonchev–Trinajstić information content (AvgIpc) is 2.88. The van der Waals surface area contributed by atoms with Crippen molar-refractivity contribution in [3.63, 3.8) is 0 Å². The number of nitrogens with zero attached hydrogens (tertiary/aromatic N) is 3. The third-order valence-electron chi connectivity index (χ3n) is 4.91. The molecule has 2 aromatic rings. The third-order valence-corrected chi connectivity index (χ3v) is 4.91. The van der Waals surface area contributed by atoms with Gasteiger partial charge in [-0.25, -0.2) is 4.39 Å². The summed E-state index contributed by atoms with van der Waals surface area (Å²) in [5.74, 6) is -0.159. The molecule has 1 saturated heterocycles. The number of rotatable bonds is 2. The first-order valence-electron chi connectivity index (χ1n) is 8.48. The van der Waals surface area contributed by atoms with E-state index in [-0.39, 0.29) is 11.7 Å². The highest BCUT2D eigenvalue weighted by molar-refractivity contribution is 6.32. The molecular formula is C20H20FN3O. The van der Waals surface area contributed by atoms with Gasteiger partial charge in [0.25, 0.3) is 5.91 Å². The van der Waals surface area contributed by atoms with Crippen LogP contribution < -0.4 is 9.80 Å². The Balaban J connectivity index is 1.51. The molecule has 0 aromatic heterocycles. The summed E-state index contributed by atoms with van der Waals surface area (Å²) in [5, 5.41) is 0. The predicted octanol–water partition coefficient (Wildman–Crippen LogP) is 2.97. The lowest BCUT2D eigenvalue weighted by Crippen LogP contribution is -2.44. The zero-order valence-corrected chi connectivity index (χ0v) is 14.2. The van der Waals surface area contributed by atoms with E-state index in [4.69, 9.17) is 0 Å². The van der Waals surface area contributed by atoms with E-state index in [1.807, 2.05) is 42.6 Å². The lowest BCUT2D eigenvalue weighted by molar-refractivity contribution is -0.112. The van der Waals surface area contributed by atoms with Crippen LogP contribution in [-0.2, 0) is 4.79 Å². The number of likely N-dealkylation sites (N-methyl/N-ethyl adjacent to an activating group) is 1. The largest absolute Gasteiger partial charge is 0.373 e. The van der Waals surface area contributed by atoms with Crippen LogP contribution in [-0.4, -0.2) is 44.0 Å². The van der Waals surface area contributed by atoms with Gasteiger partial charge in [-0.1, -0.05) is 30.3 Å². The fourth-order valence-electron chi connectivity index (χ4n) is 3.51. The monoisotopic (exact) mass is 337 g/mol. The Morgan fingerprint density at radius 3 is 2.28 bits per heavy atom. The summed E-state index contributed by atoms with van der Waals surface area (Å²) in [6.45, 7) is 2.99. The number of hydrogen-bond acceptors (Lipinski definition) is 3. The Bertz CT molecular complexity index is 840. The highest BCUT2D eigenvalue weighted by atomic mass is 19.1. The number of benzene rings is 2. The normalized spacial score (nSPS) is 18.9. The third kappa shape index (κ3) is 2.76. The van der Waals surface area contributed by atoms with E-state index in [1.165, 1.54) is 6.07 Å². The molecule has 5 heteroatoms. The van der Waals surface area contributed by atoms with Gasteiger partial charge in [0.15, 0.2) is 0 Å². The highest BCUT2D eigenvalue weighted by Crippen LogP contribution is 2.35. The summed E-state index contributed by atoms with van der Waals surface area (Å²) in [4.78, 5) is 18.4. The Labute approximate surface area is 146 Å². The number of amides is 1. The molecule has 1 fully saturated rings. The number of piperazine rings is 1. The molecule has 4 nitrogen and oxygen atoms in total. The summed E-state index contributed by atoms with van der Waals surface area (Å²) in [6.07, 6.45) is 1.96. The minimum absolute atomic E-state index is 0.0257. The molecule has 2 aliphatic rings. The Morgan fingerprint density at radius 1 is 0.920 bits per heavy atom. The van der Waals surface area contributed by atoms with Crippen LogP contribution in [0.3, 0.4) is 0 Å². The number of para-hydroxylation sites is 2. The minimum atomic E-state index is -0.184. The second-order valence-corrected chi connectivity index (χ2v) is 6.40. The van der Waals surface area contributed by atoms with Crippen LogP contribution in [0.25, 0.3) is 5.57 Å². The molecule has 2 aliphatic heterocycles. The summed E-state index contributed by atoms with van der Waals surface area (Å²) in [5.41, 5.74) is 3.31. The standard InChI is InChI=1S/C20H20FN3O/c1-22-18-8-4-2-6-15(18)16(20(22)25)14-23-10-12-24(13-11-23)19-9-5-3-7-17(19)21/h2-9,14H,10-13H2,1H3/b16-14-. The first-order chi connectivity index (χ1) is 12.1. The topological polar surface area (TPSA) is 26.8 Å². The van der Waals surface area contributed by atoms with Gasteiger partial charge in [0.2, 0.25) is 0 Å². The molecule has 0 radical (unpaired) electrons. The summed E-state index contributed by atoms with van der Waals surface area (Å²) in [7, 11) is 1.80. The van der Waals surface area contributed by atoms with Crippen molar-refractivity contribution in [2.45, 2.75) is 0 Å². The summed E-state index contributed by atoms with van der Waals surface area (Å²) in [6, 6.07) is 14.7. The molecule has 2 heterocycles.